The van der Waals surface area contributed by atoms with Crippen molar-refractivity contribution in [2.75, 3.05) is 14.2 Å². The number of nitrogens with zero attached hydrogens (tertiary/aromatic N) is 1. The number of benzene rings is 2. The van der Waals surface area contributed by atoms with Crippen molar-refractivity contribution >= 4 is 19.0 Å². The fourth-order valence-corrected chi connectivity index (χ4v) is 3.03. The molecule has 0 aliphatic heterocycles. The molecule has 8 heteroatoms. The second-order valence-corrected chi connectivity index (χ2v) is 6.64. The number of hydrogen-bond acceptors (Lipinski definition) is 6. The molecule has 128 valence electrons. The lowest BCUT2D eigenvalue weighted by atomic mass is 10.2. The predicted molar refractivity (Wildman–Crippen MR) is 91.3 cm³/mol. The highest BCUT2D eigenvalue weighted by molar-refractivity contribution is 7.48. The Morgan fingerprint density at radius 3 is 2.25 bits per heavy atom. The van der Waals surface area contributed by atoms with Crippen molar-refractivity contribution in [1.82, 2.24) is 0 Å². The van der Waals surface area contributed by atoms with Crippen LogP contribution in [0.25, 0.3) is 0 Å². The van der Waals surface area contributed by atoms with Gasteiger partial charge in [0.25, 0.3) is 5.69 Å². The molecular weight excluding hydrogens is 333 g/mol. The van der Waals surface area contributed by atoms with Crippen LogP contribution in [0.15, 0.2) is 30.3 Å². The minimum atomic E-state index is -2.72. The maximum Gasteiger partial charge on any atom is 0.282 e. The summed E-state index contributed by atoms with van der Waals surface area (Å²) in [5, 5.41) is 11.2. The quantitative estimate of drug-likeness (QED) is 0.447. The zero-order valence-electron chi connectivity index (χ0n) is 13.8. The standard InChI is InChI=1S/C16H18NO6P/c1-10-7-12(21-3)5-6-14(10)23-15-9-16(24(20)22-4)13(17(18)19)8-11(15)2/h5-9,24H,1-4H3. The number of ether oxygens (including phenoxy) is 2. The van der Waals surface area contributed by atoms with Crippen molar-refractivity contribution in [3.8, 4) is 17.2 Å². The highest BCUT2D eigenvalue weighted by atomic mass is 31.1. The van der Waals surface area contributed by atoms with Gasteiger partial charge in [-0.05, 0) is 43.2 Å². The van der Waals surface area contributed by atoms with Crippen LogP contribution in [0.1, 0.15) is 11.1 Å². The molecule has 0 radical (unpaired) electrons. The van der Waals surface area contributed by atoms with E-state index in [0.717, 1.165) is 5.56 Å². The fraction of sp³-hybridized carbons (Fsp3) is 0.250. The average molecular weight is 351 g/mol. The minimum Gasteiger partial charge on any atom is -0.497 e. The van der Waals surface area contributed by atoms with Gasteiger partial charge in [0.15, 0.2) is 0 Å². The van der Waals surface area contributed by atoms with E-state index in [4.69, 9.17) is 14.0 Å². The molecule has 7 nitrogen and oxygen atoms in total. The van der Waals surface area contributed by atoms with Gasteiger partial charge < -0.3 is 14.0 Å². The molecule has 0 N–H and O–H groups in total. The van der Waals surface area contributed by atoms with Gasteiger partial charge >= 0.3 is 0 Å². The van der Waals surface area contributed by atoms with Crippen LogP contribution in [0, 0.1) is 24.0 Å². The number of aryl methyl sites for hydroxylation is 2. The molecule has 0 aliphatic carbocycles. The SMILES string of the molecule is COc1ccc(Oc2cc([PH](=O)OC)c([N+](=O)[O-])cc2C)c(C)c1. The summed E-state index contributed by atoms with van der Waals surface area (Å²) >= 11 is 0. The lowest BCUT2D eigenvalue weighted by molar-refractivity contribution is -0.383. The first-order valence-corrected chi connectivity index (χ1v) is 8.39. The van der Waals surface area contributed by atoms with Crippen molar-refractivity contribution < 1.29 is 23.5 Å². The molecule has 0 saturated heterocycles. The van der Waals surface area contributed by atoms with Crippen molar-refractivity contribution in [1.29, 1.82) is 0 Å². The van der Waals surface area contributed by atoms with E-state index in [1.807, 2.05) is 13.0 Å². The zero-order valence-corrected chi connectivity index (χ0v) is 14.8. The Bertz CT molecular complexity index is 805. The fourth-order valence-electron chi connectivity index (χ4n) is 2.19. The summed E-state index contributed by atoms with van der Waals surface area (Å²) in [4.78, 5) is 10.6. The second-order valence-electron chi connectivity index (χ2n) is 5.12. The first-order chi connectivity index (χ1) is 11.4. The lowest BCUT2D eigenvalue weighted by Crippen LogP contribution is -2.08. The van der Waals surface area contributed by atoms with Crippen LogP contribution in [0.5, 0.6) is 17.2 Å². The molecule has 1 atom stereocenters. The summed E-state index contributed by atoms with van der Waals surface area (Å²) in [5.41, 5.74) is 1.16. The monoisotopic (exact) mass is 351 g/mol. The topological polar surface area (TPSA) is 87.9 Å². The van der Waals surface area contributed by atoms with Gasteiger partial charge in [-0.3, -0.25) is 14.7 Å². The molecule has 0 bridgehead atoms. The third-order valence-electron chi connectivity index (χ3n) is 3.50. The molecule has 0 amide bonds. The smallest absolute Gasteiger partial charge is 0.282 e. The molecule has 0 fully saturated rings. The maximum atomic E-state index is 12.0. The molecule has 0 aromatic heterocycles. The van der Waals surface area contributed by atoms with Crippen molar-refractivity contribution in [2.24, 2.45) is 0 Å². The molecule has 24 heavy (non-hydrogen) atoms. The molecular formula is C16H18NO6P. The largest absolute Gasteiger partial charge is 0.497 e. The Balaban J connectivity index is 2.47. The van der Waals surface area contributed by atoms with Crippen molar-refractivity contribution in [2.45, 2.75) is 13.8 Å². The third kappa shape index (κ3) is 3.75. The molecule has 0 spiro atoms. The highest BCUT2D eigenvalue weighted by Gasteiger charge is 2.22. The van der Waals surface area contributed by atoms with E-state index < -0.39 is 13.0 Å². The van der Waals surface area contributed by atoms with Gasteiger partial charge in [-0.15, -0.1) is 0 Å². The number of hydrogen-bond donors (Lipinski definition) is 0. The first-order valence-electron chi connectivity index (χ1n) is 7.07. The molecule has 0 saturated carbocycles. The molecule has 2 aromatic rings. The average Bonchev–Trinajstić information content (AvgIpc) is 2.56. The van der Waals surface area contributed by atoms with Gasteiger partial charge in [0.1, 0.15) is 22.6 Å². The van der Waals surface area contributed by atoms with Crippen molar-refractivity contribution in [3.05, 3.63) is 51.6 Å². The van der Waals surface area contributed by atoms with Gasteiger partial charge in [0, 0.05) is 19.2 Å². The summed E-state index contributed by atoms with van der Waals surface area (Å²) in [6.07, 6.45) is 0. The Morgan fingerprint density at radius 2 is 1.71 bits per heavy atom. The highest BCUT2D eigenvalue weighted by Crippen LogP contribution is 2.35. The predicted octanol–water partition coefficient (Wildman–Crippen LogP) is 3.76. The third-order valence-corrected chi connectivity index (χ3v) is 4.71. The Morgan fingerprint density at radius 1 is 1.04 bits per heavy atom. The molecule has 0 heterocycles. The normalized spacial score (nSPS) is 11.8. The number of methoxy groups -OCH3 is 1. The van der Waals surface area contributed by atoms with E-state index in [0.29, 0.717) is 22.8 Å². The van der Waals surface area contributed by atoms with E-state index in [1.54, 1.807) is 26.2 Å². The van der Waals surface area contributed by atoms with Gasteiger partial charge in [0.05, 0.1) is 12.0 Å². The van der Waals surface area contributed by atoms with Gasteiger partial charge in [-0.1, -0.05) is 0 Å². The van der Waals surface area contributed by atoms with Crippen molar-refractivity contribution in [3.63, 3.8) is 0 Å². The van der Waals surface area contributed by atoms with E-state index in [2.05, 4.69) is 0 Å². The van der Waals surface area contributed by atoms with E-state index in [1.165, 1.54) is 19.2 Å². The summed E-state index contributed by atoms with van der Waals surface area (Å²) in [6, 6.07) is 8.05. The van der Waals surface area contributed by atoms with Crippen LogP contribution in [-0.4, -0.2) is 19.1 Å². The first kappa shape index (κ1) is 18.0. The molecule has 0 aliphatic rings. The Labute approximate surface area is 140 Å². The minimum absolute atomic E-state index is 0.0271. The van der Waals surface area contributed by atoms with Gasteiger partial charge in [-0.25, -0.2) is 0 Å². The van der Waals surface area contributed by atoms with Gasteiger partial charge in [-0.2, -0.15) is 0 Å². The van der Waals surface area contributed by atoms with E-state index >= 15 is 0 Å². The van der Waals surface area contributed by atoms with Crippen LogP contribution in [0.2, 0.25) is 0 Å². The van der Waals surface area contributed by atoms with Gasteiger partial charge in [0.2, 0.25) is 8.03 Å². The summed E-state index contributed by atoms with van der Waals surface area (Å²) in [5.74, 6) is 1.67. The van der Waals surface area contributed by atoms with Crippen LogP contribution >= 0.6 is 8.03 Å². The molecule has 2 aromatic carbocycles. The van der Waals surface area contributed by atoms with Crippen LogP contribution in [-0.2, 0) is 9.09 Å². The Kier molecular flexibility index (Phi) is 5.59. The van der Waals surface area contributed by atoms with E-state index in [-0.39, 0.29) is 11.0 Å². The zero-order chi connectivity index (χ0) is 17.9. The number of rotatable bonds is 6. The molecule has 2 rings (SSSR count). The van der Waals surface area contributed by atoms with Crippen LogP contribution in [0.3, 0.4) is 0 Å². The number of nitro groups is 1. The summed E-state index contributed by atoms with van der Waals surface area (Å²) < 4.78 is 27.8. The lowest BCUT2D eigenvalue weighted by Gasteiger charge is -2.13. The summed E-state index contributed by atoms with van der Waals surface area (Å²) in [6.45, 7) is 3.55. The van der Waals surface area contributed by atoms with Crippen LogP contribution < -0.4 is 14.8 Å². The Hall–Kier alpha value is -2.37. The second kappa shape index (κ2) is 7.47. The molecule has 1 unspecified atom stereocenters. The maximum absolute atomic E-state index is 12.0. The summed E-state index contributed by atoms with van der Waals surface area (Å²) in [7, 11) is 0.100. The van der Waals surface area contributed by atoms with E-state index in [9.17, 15) is 14.7 Å². The number of nitro benzene ring substituents is 1. The van der Waals surface area contributed by atoms with Crippen LogP contribution in [0.4, 0.5) is 5.69 Å².